The molecule has 1 aliphatic heterocycles. The summed E-state index contributed by atoms with van der Waals surface area (Å²) in [4.78, 5) is 59.4. The number of aromatic hydroxyl groups is 1. The third-order valence-corrected chi connectivity index (χ3v) is 12.2. The number of carbonyl (C=O) groups is 4. The van der Waals surface area contributed by atoms with Gasteiger partial charge in [0.1, 0.15) is 0 Å². The molecule has 2 amide bonds. The molecule has 6 atom stereocenters. The van der Waals surface area contributed by atoms with Crippen molar-refractivity contribution < 1.29 is 60.1 Å². The lowest BCUT2D eigenvalue weighted by atomic mass is 9.45. The number of carbonyl (C=O) groups excluding carboxylic acids is 4. The number of benzene rings is 4. The second-order valence-corrected chi connectivity index (χ2v) is 15.2. The van der Waals surface area contributed by atoms with Crippen LogP contribution in [0.25, 0.3) is 11.6 Å². The highest BCUT2D eigenvalue weighted by molar-refractivity contribution is 6.31. The molecule has 14 heteroatoms. The van der Waals surface area contributed by atoms with Gasteiger partial charge in [0, 0.05) is 17.4 Å². The molecule has 0 radical (unpaired) electrons. The van der Waals surface area contributed by atoms with Crippen molar-refractivity contribution in [3.8, 4) is 17.2 Å². The van der Waals surface area contributed by atoms with Crippen molar-refractivity contribution in [2.24, 2.45) is 29.6 Å². The number of alkyl halides is 6. The predicted octanol–water partition coefficient (Wildman–Crippen LogP) is 9.02. The van der Waals surface area contributed by atoms with Gasteiger partial charge in [0.25, 0.3) is 0 Å². The van der Waals surface area contributed by atoms with Gasteiger partial charge in [0.15, 0.2) is 23.1 Å². The number of ether oxygens (including phenoxy) is 2. The molecular weight excluding hydrogens is 792 g/mol. The Labute approximate surface area is 339 Å². The summed E-state index contributed by atoms with van der Waals surface area (Å²) in [5, 5.41) is 10.6. The number of Topliss-reactive ketones (excluding diaryl/α,β-unsaturated/α-hetero) is 1. The van der Waals surface area contributed by atoms with E-state index < -0.39 is 87.6 Å². The van der Waals surface area contributed by atoms with Crippen LogP contribution in [0.2, 0.25) is 0 Å². The number of methoxy groups -OCH3 is 2. The SMILES string of the molecule is COc1cc(C=C[C@H]2C3=CC[C@@H]4C(=O)N(c5cc(C(F)(F)F)cc(C(F)(F)F)c5)C(=O)[C@@H]4[C@@H]3C[C@H]3C(=O)C(c4ccccc4)=CC(=O)[C@@]23c2ccccc2)cc(OC)c1O. The van der Waals surface area contributed by atoms with E-state index in [1.54, 1.807) is 78.9 Å². The van der Waals surface area contributed by atoms with Crippen LogP contribution in [0.4, 0.5) is 32.0 Å². The minimum absolute atomic E-state index is 0.0729. The number of phenols is 1. The first-order valence-corrected chi connectivity index (χ1v) is 18.9. The molecule has 4 aliphatic rings. The highest BCUT2D eigenvalue weighted by atomic mass is 19.4. The number of rotatable bonds is 7. The maximum atomic E-state index is 15.2. The normalized spacial score (nSPS) is 25.4. The molecule has 0 bridgehead atoms. The molecule has 4 aromatic carbocycles. The Kier molecular flexibility index (Phi) is 9.87. The van der Waals surface area contributed by atoms with E-state index in [1.807, 2.05) is 0 Å². The second kappa shape index (κ2) is 14.7. The number of hydrogen-bond donors (Lipinski definition) is 1. The third kappa shape index (κ3) is 6.40. The number of imide groups is 1. The molecule has 3 aliphatic carbocycles. The Morgan fingerprint density at radius 2 is 1.35 bits per heavy atom. The van der Waals surface area contributed by atoms with E-state index in [4.69, 9.17) is 9.47 Å². The first-order valence-electron chi connectivity index (χ1n) is 18.9. The van der Waals surface area contributed by atoms with Gasteiger partial charge in [-0.25, -0.2) is 4.90 Å². The maximum Gasteiger partial charge on any atom is 0.416 e. The van der Waals surface area contributed by atoms with Crippen molar-refractivity contribution in [3.63, 3.8) is 0 Å². The molecule has 60 heavy (non-hydrogen) atoms. The summed E-state index contributed by atoms with van der Waals surface area (Å²) in [7, 11) is 2.70. The Bertz CT molecular complexity index is 2470. The highest BCUT2D eigenvalue weighted by Crippen LogP contribution is 2.61. The second-order valence-electron chi connectivity index (χ2n) is 15.2. The fraction of sp³-hybridized carbons (Fsp3) is 0.261. The molecule has 1 N–H and O–H groups in total. The minimum Gasteiger partial charge on any atom is -0.502 e. The van der Waals surface area contributed by atoms with Crippen molar-refractivity contribution in [1.29, 1.82) is 0 Å². The molecule has 1 saturated carbocycles. The topological polar surface area (TPSA) is 110 Å². The van der Waals surface area contributed by atoms with E-state index in [0.717, 1.165) is 0 Å². The van der Waals surface area contributed by atoms with Gasteiger partial charge in [-0.3, -0.25) is 19.2 Å². The van der Waals surface area contributed by atoms with Crippen molar-refractivity contribution in [2.75, 3.05) is 19.1 Å². The zero-order valence-corrected chi connectivity index (χ0v) is 31.9. The van der Waals surface area contributed by atoms with Crippen LogP contribution in [0, 0.1) is 29.6 Å². The fourth-order valence-electron chi connectivity index (χ4n) is 9.66. The number of hydrogen-bond acceptors (Lipinski definition) is 7. The smallest absolute Gasteiger partial charge is 0.416 e. The Balaban J connectivity index is 1.32. The molecule has 1 heterocycles. The van der Waals surface area contributed by atoms with E-state index in [1.165, 1.54) is 32.4 Å². The van der Waals surface area contributed by atoms with Crippen molar-refractivity contribution in [2.45, 2.75) is 30.6 Å². The van der Waals surface area contributed by atoms with E-state index in [0.29, 0.717) is 39.3 Å². The van der Waals surface area contributed by atoms with Gasteiger partial charge < -0.3 is 14.6 Å². The van der Waals surface area contributed by atoms with Gasteiger partial charge in [-0.1, -0.05) is 84.5 Å². The lowest BCUT2D eigenvalue weighted by Crippen LogP contribution is -2.59. The van der Waals surface area contributed by atoms with E-state index in [9.17, 15) is 41.0 Å². The molecule has 308 valence electrons. The van der Waals surface area contributed by atoms with Gasteiger partial charge in [0.2, 0.25) is 17.6 Å². The number of allylic oxidation sites excluding steroid dienone is 5. The van der Waals surface area contributed by atoms with Crippen molar-refractivity contribution >= 4 is 40.7 Å². The summed E-state index contributed by atoms with van der Waals surface area (Å²) < 4.78 is 94.5. The van der Waals surface area contributed by atoms with Gasteiger partial charge in [-0.05, 0) is 71.9 Å². The quantitative estimate of drug-likeness (QED) is 0.113. The Morgan fingerprint density at radius 1 is 0.767 bits per heavy atom. The number of halogens is 6. The largest absolute Gasteiger partial charge is 0.502 e. The van der Waals surface area contributed by atoms with Crippen LogP contribution in [0.5, 0.6) is 17.2 Å². The fourth-order valence-corrected chi connectivity index (χ4v) is 9.66. The van der Waals surface area contributed by atoms with Crippen LogP contribution >= 0.6 is 0 Å². The lowest BCUT2D eigenvalue weighted by molar-refractivity contribution is -0.143. The summed E-state index contributed by atoms with van der Waals surface area (Å²) in [5.74, 6) is -8.51. The van der Waals surface area contributed by atoms with E-state index in [2.05, 4.69) is 0 Å². The minimum atomic E-state index is -5.24. The number of nitrogens with zero attached hydrogens (tertiary/aromatic N) is 1. The summed E-state index contributed by atoms with van der Waals surface area (Å²) in [6.07, 6.45) is -4.36. The first-order chi connectivity index (χ1) is 28.5. The average molecular weight is 828 g/mol. The molecule has 4 aromatic rings. The Morgan fingerprint density at radius 3 is 1.92 bits per heavy atom. The standard InChI is InChI=1S/C46H35F6NO7/c1-59-36-17-24(18-37(60-2)41(36)56)13-16-34-30-14-15-31-39(43(58)53(42(31)57)29-20-27(45(47,48)49)19-28(21-29)46(50,51)52)33(30)22-35-40(55)32(25-9-5-3-6-10-25)23-38(54)44(34,35)26-11-7-4-8-12-26/h3-14,16-21,23,31,33-35,39,56H,15,22H2,1-2H3/t31-,33+,34-,35-,39-,44-/m0/s1. The molecule has 8 rings (SSSR count). The maximum absolute atomic E-state index is 15.2. The van der Waals surface area contributed by atoms with Gasteiger partial charge in [0.05, 0.1) is 48.3 Å². The van der Waals surface area contributed by atoms with Crippen molar-refractivity contribution in [1.82, 2.24) is 0 Å². The molecular formula is C46H35F6NO7. The zero-order chi connectivity index (χ0) is 42.9. The van der Waals surface area contributed by atoms with Gasteiger partial charge >= 0.3 is 12.4 Å². The number of anilines is 1. The van der Waals surface area contributed by atoms with Crippen LogP contribution in [0.1, 0.15) is 40.7 Å². The summed E-state index contributed by atoms with van der Waals surface area (Å²) in [6.45, 7) is 0. The average Bonchev–Trinajstić information content (AvgIpc) is 3.49. The molecule has 0 spiro atoms. The lowest BCUT2D eigenvalue weighted by Gasteiger charge is -2.54. The van der Waals surface area contributed by atoms with Crippen LogP contribution in [0.3, 0.4) is 0 Å². The summed E-state index contributed by atoms with van der Waals surface area (Å²) in [5.41, 5.74) is -3.80. The molecule has 0 aromatic heterocycles. The molecule has 8 nitrogen and oxygen atoms in total. The molecule has 0 unspecified atom stereocenters. The summed E-state index contributed by atoms with van der Waals surface area (Å²) in [6, 6.07) is 20.9. The van der Waals surface area contributed by atoms with Crippen LogP contribution in [0.15, 0.2) is 115 Å². The number of phenolic OH excluding ortho intramolecular Hbond substituents is 1. The third-order valence-electron chi connectivity index (χ3n) is 12.2. The number of fused-ring (bicyclic) bond motifs is 4. The van der Waals surface area contributed by atoms with Gasteiger partial charge in [-0.15, -0.1) is 0 Å². The summed E-state index contributed by atoms with van der Waals surface area (Å²) >= 11 is 0. The van der Waals surface area contributed by atoms with Gasteiger partial charge in [-0.2, -0.15) is 26.3 Å². The van der Waals surface area contributed by atoms with Crippen LogP contribution in [-0.2, 0) is 36.9 Å². The van der Waals surface area contributed by atoms with Crippen LogP contribution < -0.4 is 14.4 Å². The first kappa shape index (κ1) is 40.3. The number of ketones is 2. The van der Waals surface area contributed by atoms with E-state index >= 15 is 9.59 Å². The highest BCUT2D eigenvalue weighted by Gasteiger charge is 2.65. The van der Waals surface area contributed by atoms with Crippen LogP contribution in [-0.4, -0.2) is 42.7 Å². The monoisotopic (exact) mass is 827 g/mol. The number of amides is 2. The van der Waals surface area contributed by atoms with Crippen molar-refractivity contribution in [3.05, 3.63) is 143 Å². The van der Waals surface area contributed by atoms with E-state index in [-0.39, 0.29) is 41.7 Å². The Hall–Kier alpha value is -6.44. The zero-order valence-electron chi connectivity index (χ0n) is 31.9. The molecule has 1 saturated heterocycles. The predicted molar refractivity (Wildman–Crippen MR) is 207 cm³/mol. The molecule has 2 fully saturated rings.